The number of fused-ring (bicyclic) bond motifs is 1. The molecule has 0 unspecified atom stereocenters. The van der Waals surface area contributed by atoms with Crippen LogP contribution in [0.4, 0.5) is 0 Å². The van der Waals surface area contributed by atoms with Crippen molar-refractivity contribution in [2.24, 2.45) is 23.7 Å². The quantitative estimate of drug-likeness (QED) is 0.588. The fourth-order valence-corrected chi connectivity index (χ4v) is 3.80. The zero-order valence-electron chi connectivity index (χ0n) is 10.8. The predicted octanol–water partition coefficient (Wildman–Crippen LogP) is 2.96. The Morgan fingerprint density at radius 3 is 2.82 bits per heavy atom. The molecule has 1 saturated carbocycles. The van der Waals surface area contributed by atoms with Gasteiger partial charge in [0.25, 0.3) is 0 Å². The minimum Gasteiger partial charge on any atom is -0.396 e. The Labute approximate surface area is 104 Å². The van der Waals surface area contributed by atoms with Gasteiger partial charge in [-0.1, -0.05) is 25.0 Å². The molecule has 2 heteroatoms. The van der Waals surface area contributed by atoms with Crippen molar-refractivity contribution >= 4 is 5.78 Å². The van der Waals surface area contributed by atoms with Crippen LogP contribution in [0.5, 0.6) is 0 Å². The van der Waals surface area contributed by atoms with Crippen LogP contribution in [0.3, 0.4) is 0 Å². The average Bonchev–Trinajstić information content (AvgIpc) is 2.76. The summed E-state index contributed by atoms with van der Waals surface area (Å²) in [5.41, 5.74) is 0. The first-order chi connectivity index (χ1) is 8.24. The predicted molar refractivity (Wildman–Crippen MR) is 68.6 cm³/mol. The van der Waals surface area contributed by atoms with Gasteiger partial charge in [0.2, 0.25) is 0 Å². The number of allylic oxidation sites excluding steroid dienone is 2. The molecule has 2 aliphatic carbocycles. The fourth-order valence-electron chi connectivity index (χ4n) is 3.80. The smallest absolute Gasteiger partial charge is 0.133 e. The van der Waals surface area contributed by atoms with E-state index in [0.29, 0.717) is 23.5 Å². The number of hydrogen-bond acceptors (Lipinski definition) is 2. The van der Waals surface area contributed by atoms with E-state index in [0.717, 1.165) is 19.3 Å². The van der Waals surface area contributed by atoms with Crippen LogP contribution in [-0.4, -0.2) is 17.5 Å². The Bertz CT molecular complexity index is 295. The van der Waals surface area contributed by atoms with E-state index in [4.69, 9.17) is 5.11 Å². The topological polar surface area (TPSA) is 37.3 Å². The molecule has 0 bridgehead atoms. The largest absolute Gasteiger partial charge is 0.396 e. The third-order valence-electron chi connectivity index (χ3n) is 4.57. The third kappa shape index (κ3) is 2.79. The molecule has 0 aliphatic heterocycles. The Morgan fingerprint density at radius 2 is 2.12 bits per heavy atom. The van der Waals surface area contributed by atoms with E-state index in [9.17, 15) is 4.79 Å². The maximum absolute atomic E-state index is 11.9. The molecule has 4 atom stereocenters. The second-order valence-electron chi connectivity index (χ2n) is 5.66. The zero-order valence-corrected chi connectivity index (χ0v) is 10.8. The lowest BCUT2D eigenvalue weighted by molar-refractivity contribution is -0.124. The van der Waals surface area contributed by atoms with E-state index in [1.807, 2.05) is 0 Å². The summed E-state index contributed by atoms with van der Waals surface area (Å²) < 4.78 is 0. The SMILES string of the molecule is CC(=O)[C@H]1[C@@H]2CCC[C@H]2C=C[C@H]1CCCCO. The summed E-state index contributed by atoms with van der Waals surface area (Å²) in [6.07, 6.45) is 11.4. The second-order valence-corrected chi connectivity index (χ2v) is 5.66. The number of carbonyl (C=O) groups excluding carboxylic acids is 1. The number of unbranched alkanes of at least 4 members (excludes halogenated alkanes) is 1. The molecule has 0 aromatic heterocycles. The second kappa shape index (κ2) is 5.81. The number of aliphatic hydroxyl groups is 1. The molecule has 0 amide bonds. The molecular weight excluding hydrogens is 212 g/mol. The summed E-state index contributed by atoms with van der Waals surface area (Å²) in [7, 11) is 0. The Kier molecular flexibility index (Phi) is 4.38. The van der Waals surface area contributed by atoms with Gasteiger partial charge in [0.05, 0.1) is 0 Å². The standard InChI is InChI=1S/C15H24O2/c1-11(17)15-13(5-2-3-10-16)9-8-12-6-4-7-14(12)15/h8-9,12-16H,2-7,10H2,1H3/t12-,13+,14+,15+/m0/s1. The summed E-state index contributed by atoms with van der Waals surface area (Å²) in [6, 6.07) is 0. The van der Waals surface area contributed by atoms with E-state index in [2.05, 4.69) is 12.2 Å². The zero-order chi connectivity index (χ0) is 12.3. The summed E-state index contributed by atoms with van der Waals surface area (Å²) >= 11 is 0. The summed E-state index contributed by atoms with van der Waals surface area (Å²) in [5, 5.41) is 8.84. The maximum atomic E-state index is 11.9. The molecule has 2 nitrogen and oxygen atoms in total. The van der Waals surface area contributed by atoms with Gasteiger partial charge in [-0.05, 0) is 50.4 Å². The van der Waals surface area contributed by atoms with E-state index in [1.165, 1.54) is 19.3 Å². The minimum absolute atomic E-state index is 0.256. The van der Waals surface area contributed by atoms with Gasteiger partial charge in [0.1, 0.15) is 5.78 Å². The molecule has 17 heavy (non-hydrogen) atoms. The molecule has 0 saturated heterocycles. The molecule has 1 N–H and O–H groups in total. The van der Waals surface area contributed by atoms with Gasteiger partial charge in [0, 0.05) is 12.5 Å². The van der Waals surface area contributed by atoms with Gasteiger partial charge < -0.3 is 5.11 Å². The number of ketones is 1. The molecule has 1 fully saturated rings. The van der Waals surface area contributed by atoms with Crippen LogP contribution in [0.15, 0.2) is 12.2 Å². The van der Waals surface area contributed by atoms with E-state index in [-0.39, 0.29) is 12.5 Å². The summed E-state index contributed by atoms with van der Waals surface area (Å²) in [6.45, 7) is 2.03. The molecule has 0 radical (unpaired) electrons. The highest BCUT2D eigenvalue weighted by molar-refractivity contribution is 5.79. The highest BCUT2D eigenvalue weighted by Crippen LogP contribution is 2.46. The Morgan fingerprint density at radius 1 is 1.29 bits per heavy atom. The van der Waals surface area contributed by atoms with Crippen LogP contribution < -0.4 is 0 Å². The number of carbonyl (C=O) groups is 1. The Balaban J connectivity index is 2.03. The first-order valence-corrected chi connectivity index (χ1v) is 7.03. The van der Waals surface area contributed by atoms with Crippen molar-refractivity contribution in [3.63, 3.8) is 0 Å². The molecule has 0 aromatic carbocycles. The maximum Gasteiger partial charge on any atom is 0.133 e. The molecule has 2 aliphatic rings. The van der Waals surface area contributed by atoms with E-state index in [1.54, 1.807) is 6.92 Å². The van der Waals surface area contributed by atoms with Crippen molar-refractivity contribution in [2.75, 3.05) is 6.61 Å². The molecule has 0 heterocycles. The Hall–Kier alpha value is -0.630. The molecule has 96 valence electrons. The summed E-state index contributed by atoms with van der Waals surface area (Å²) in [5.74, 6) is 2.33. The van der Waals surface area contributed by atoms with Crippen LogP contribution in [0.2, 0.25) is 0 Å². The van der Waals surface area contributed by atoms with Crippen molar-refractivity contribution in [1.82, 2.24) is 0 Å². The van der Waals surface area contributed by atoms with Gasteiger partial charge in [-0.15, -0.1) is 0 Å². The number of hydrogen-bond donors (Lipinski definition) is 1. The van der Waals surface area contributed by atoms with Gasteiger partial charge in [-0.2, -0.15) is 0 Å². The highest BCUT2D eigenvalue weighted by atomic mass is 16.2. The lowest BCUT2D eigenvalue weighted by atomic mass is 9.69. The monoisotopic (exact) mass is 236 g/mol. The van der Waals surface area contributed by atoms with E-state index < -0.39 is 0 Å². The third-order valence-corrected chi connectivity index (χ3v) is 4.57. The number of rotatable bonds is 5. The summed E-state index contributed by atoms with van der Waals surface area (Å²) in [4.78, 5) is 11.9. The van der Waals surface area contributed by atoms with Gasteiger partial charge in [-0.25, -0.2) is 0 Å². The van der Waals surface area contributed by atoms with Crippen molar-refractivity contribution < 1.29 is 9.90 Å². The molecule has 0 aromatic rings. The average molecular weight is 236 g/mol. The van der Waals surface area contributed by atoms with Crippen LogP contribution >= 0.6 is 0 Å². The van der Waals surface area contributed by atoms with Crippen molar-refractivity contribution in [3.05, 3.63) is 12.2 Å². The van der Waals surface area contributed by atoms with Crippen LogP contribution in [-0.2, 0) is 4.79 Å². The highest BCUT2D eigenvalue weighted by Gasteiger charge is 2.40. The van der Waals surface area contributed by atoms with Crippen molar-refractivity contribution in [3.8, 4) is 0 Å². The molecule has 0 spiro atoms. The first kappa shape index (κ1) is 12.8. The van der Waals surface area contributed by atoms with Crippen LogP contribution in [0.1, 0.15) is 45.4 Å². The normalized spacial score (nSPS) is 35.9. The van der Waals surface area contributed by atoms with Crippen molar-refractivity contribution in [1.29, 1.82) is 0 Å². The van der Waals surface area contributed by atoms with Gasteiger partial charge >= 0.3 is 0 Å². The van der Waals surface area contributed by atoms with Gasteiger partial charge in [-0.3, -0.25) is 4.79 Å². The van der Waals surface area contributed by atoms with Gasteiger partial charge in [0.15, 0.2) is 0 Å². The first-order valence-electron chi connectivity index (χ1n) is 7.03. The molecule has 2 rings (SSSR count). The van der Waals surface area contributed by atoms with Crippen LogP contribution in [0.25, 0.3) is 0 Å². The lowest BCUT2D eigenvalue weighted by Crippen LogP contribution is -2.33. The van der Waals surface area contributed by atoms with Crippen LogP contribution in [0, 0.1) is 23.7 Å². The molecular formula is C15H24O2. The number of Topliss-reactive ketones (excluding diaryl/α,β-unsaturated/α-hetero) is 1. The fraction of sp³-hybridized carbons (Fsp3) is 0.800. The minimum atomic E-state index is 0.256. The van der Waals surface area contributed by atoms with E-state index >= 15 is 0 Å². The van der Waals surface area contributed by atoms with Crippen molar-refractivity contribution in [2.45, 2.75) is 45.4 Å². The number of aliphatic hydroxyl groups excluding tert-OH is 1. The lowest BCUT2D eigenvalue weighted by Gasteiger charge is -2.35.